The van der Waals surface area contributed by atoms with Gasteiger partial charge in [0, 0.05) is 37.1 Å². The predicted octanol–water partition coefficient (Wildman–Crippen LogP) is 12.1. The number of nitrogens with two attached hydrogens (primary N) is 2. The molecule has 0 aliphatic rings. The Bertz CT molecular complexity index is 2800. The number of ketones is 2. The monoisotopic (exact) mass is 1020 g/mol. The van der Waals surface area contributed by atoms with Crippen LogP contribution in [0.3, 0.4) is 0 Å². The number of alkyl halides is 6. The Hall–Kier alpha value is -8.54. The predicted molar refractivity (Wildman–Crippen MR) is 267 cm³/mol. The third-order valence-corrected chi connectivity index (χ3v) is 10.9. The highest BCUT2D eigenvalue weighted by molar-refractivity contribution is 5.98. The molecule has 12 nitrogen and oxygen atoms in total. The van der Waals surface area contributed by atoms with Crippen molar-refractivity contribution in [3.05, 3.63) is 167 Å². The zero-order chi connectivity index (χ0) is 53.4. The van der Waals surface area contributed by atoms with Gasteiger partial charge < -0.3 is 39.9 Å². The van der Waals surface area contributed by atoms with E-state index in [9.17, 15) is 45.5 Å². The number of halogens is 6. The highest BCUT2D eigenvalue weighted by Gasteiger charge is 2.27. The quantitative estimate of drug-likeness (QED) is 0.0155. The minimum absolute atomic E-state index is 0.0389. The molecule has 0 heterocycles. The van der Waals surface area contributed by atoms with Crippen molar-refractivity contribution in [3.8, 4) is 45.6 Å². The molecule has 6 rings (SSSR count). The highest BCUT2D eigenvalue weighted by atomic mass is 19.4. The molecule has 0 amide bonds. The zero-order valence-corrected chi connectivity index (χ0v) is 40.0. The standard InChI is InChI=1S/C56H50F6N2O10/c1-69-51-33-37(11-23-49(51)71-27-3-25-55(57,58)59)53(67)73-45-17-7-35(8-18-45)5-15-43(65)31-39-29-41(63)13-21-47(39)48-22-14-42(64)30-40(48)32-44(66)16-6-36-9-19-46(20-10-36)74-54(68)38-12-24-50(52(34-38)70-2)72-28-4-26-56(60,61)62/h5-24,29-30,33-34H,3-4,25-28,31-32,63-64H2,1-2H3/b15-5+,16-6+. The van der Waals surface area contributed by atoms with Crippen LogP contribution in [-0.4, -0.2) is 63.3 Å². The molecule has 0 fully saturated rings. The smallest absolute Gasteiger partial charge is 0.389 e. The van der Waals surface area contributed by atoms with E-state index in [0.29, 0.717) is 44.8 Å². The second-order valence-corrected chi connectivity index (χ2v) is 16.6. The van der Waals surface area contributed by atoms with Crippen LogP contribution < -0.4 is 39.9 Å². The largest absolute Gasteiger partial charge is 0.493 e. The van der Waals surface area contributed by atoms with Gasteiger partial charge in [0.1, 0.15) is 11.5 Å². The topological polar surface area (TPSA) is 176 Å². The van der Waals surface area contributed by atoms with Crippen LogP contribution in [0, 0.1) is 0 Å². The Morgan fingerprint density at radius 3 is 1.22 bits per heavy atom. The summed E-state index contributed by atoms with van der Waals surface area (Å²) in [5.74, 6) is -0.882. The maximum absolute atomic E-state index is 13.4. The van der Waals surface area contributed by atoms with Crippen molar-refractivity contribution in [1.29, 1.82) is 0 Å². The van der Waals surface area contributed by atoms with Gasteiger partial charge in [-0.15, -0.1) is 0 Å². The van der Waals surface area contributed by atoms with E-state index in [4.69, 9.17) is 39.9 Å². The van der Waals surface area contributed by atoms with Crippen molar-refractivity contribution in [2.45, 2.75) is 50.9 Å². The minimum atomic E-state index is -4.30. The van der Waals surface area contributed by atoms with E-state index in [0.717, 1.165) is 0 Å². The summed E-state index contributed by atoms with van der Waals surface area (Å²) >= 11 is 0. The minimum Gasteiger partial charge on any atom is -0.493 e. The number of ether oxygens (including phenoxy) is 6. The summed E-state index contributed by atoms with van der Waals surface area (Å²) in [4.78, 5) is 52.6. The van der Waals surface area contributed by atoms with Gasteiger partial charge in [0.05, 0.1) is 38.6 Å². The summed E-state index contributed by atoms with van der Waals surface area (Å²) in [6.45, 7) is -0.392. The van der Waals surface area contributed by atoms with Gasteiger partial charge in [0.25, 0.3) is 0 Å². The van der Waals surface area contributed by atoms with Crippen LogP contribution in [-0.2, 0) is 22.4 Å². The average molecular weight is 1030 g/mol. The van der Waals surface area contributed by atoms with Gasteiger partial charge in [-0.25, -0.2) is 9.59 Å². The zero-order valence-electron chi connectivity index (χ0n) is 40.0. The number of anilines is 2. The van der Waals surface area contributed by atoms with Gasteiger partial charge in [-0.1, -0.05) is 48.6 Å². The lowest BCUT2D eigenvalue weighted by Gasteiger charge is -2.14. The molecule has 0 aromatic heterocycles. The molecule has 0 saturated heterocycles. The fraction of sp³-hybridized carbons (Fsp3) is 0.214. The summed E-state index contributed by atoms with van der Waals surface area (Å²) < 4.78 is 107. The lowest BCUT2D eigenvalue weighted by molar-refractivity contribution is -0.137. The molecule has 0 aliphatic carbocycles. The third-order valence-electron chi connectivity index (χ3n) is 10.9. The molecule has 0 aliphatic heterocycles. The Balaban J connectivity index is 1.04. The normalized spacial score (nSPS) is 11.6. The van der Waals surface area contributed by atoms with E-state index >= 15 is 0 Å². The molecule has 0 atom stereocenters. The highest BCUT2D eigenvalue weighted by Crippen LogP contribution is 2.34. The number of methoxy groups -OCH3 is 2. The average Bonchev–Trinajstić information content (AvgIpc) is 3.36. The van der Waals surface area contributed by atoms with Crippen LogP contribution in [0.5, 0.6) is 34.5 Å². The fourth-order valence-corrected chi connectivity index (χ4v) is 7.28. The Morgan fingerprint density at radius 2 is 0.865 bits per heavy atom. The number of esters is 2. The van der Waals surface area contributed by atoms with Crippen molar-refractivity contribution in [2.75, 3.05) is 38.9 Å². The maximum Gasteiger partial charge on any atom is 0.389 e. The number of rotatable bonds is 23. The molecule has 0 saturated carbocycles. The summed E-state index contributed by atoms with van der Waals surface area (Å²) in [6.07, 6.45) is -5.12. The van der Waals surface area contributed by atoms with Crippen molar-refractivity contribution in [1.82, 2.24) is 0 Å². The lowest BCUT2D eigenvalue weighted by Crippen LogP contribution is -2.11. The Labute approximate surface area is 422 Å². The van der Waals surface area contributed by atoms with Crippen molar-refractivity contribution < 1.29 is 73.9 Å². The van der Waals surface area contributed by atoms with Crippen LogP contribution >= 0.6 is 0 Å². The van der Waals surface area contributed by atoms with E-state index in [2.05, 4.69) is 0 Å². The summed E-state index contributed by atoms with van der Waals surface area (Å²) in [5.41, 5.74) is 17.3. The van der Waals surface area contributed by atoms with Gasteiger partial charge in [-0.05, 0) is 143 Å². The van der Waals surface area contributed by atoms with Crippen LogP contribution in [0.2, 0.25) is 0 Å². The fourth-order valence-electron chi connectivity index (χ4n) is 7.28. The number of carbonyl (C=O) groups excluding carboxylic acids is 4. The van der Waals surface area contributed by atoms with E-state index in [1.807, 2.05) is 0 Å². The van der Waals surface area contributed by atoms with E-state index in [-0.39, 0.29) is 96.1 Å². The Kier molecular flexibility index (Phi) is 18.7. The van der Waals surface area contributed by atoms with Crippen molar-refractivity contribution >= 4 is 47.0 Å². The maximum atomic E-state index is 13.4. The number of carbonyl (C=O) groups is 4. The summed E-state index contributed by atoms with van der Waals surface area (Å²) in [6, 6.07) is 31.5. The third kappa shape index (κ3) is 16.8. The number of hydrogen-bond acceptors (Lipinski definition) is 12. The van der Waals surface area contributed by atoms with E-state index in [1.54, 1.807) is 97.1 Å². The molecule has 74 heavy (non-hydrogen) atoms. The molecular weight excluding hydrogens is 975 g/mol. The second-order valence-electron chi connectivity index (χ2n) is 16.6. The van der Waals surface area contributed by atoms with Crippen LogP contribution in [0.25, 0.3) is 23.3 Å². The summed E-state index contributed by atoms with van der Waals surface area (Å²) in [5, 5.41) is 0. The van der Waals surface area contributed by atoms with E-state index in [1.165, 1.54) is 62.8 Å². The molecule has 0 spiro atoms. The SMILES string of the molecule is COc1cc(C(=O)Oc2ccc(/C=C/C(=O)Cc3cc(N)ccc3-c3ccc(N)cc3CC(=O)/C=C/c3ccc(OC(=O)c4ccc(OCCCC(F)(F)F)c(OC)c4)cc3)cc2)ccc1OCCCC(F)(F)F. The van der Waals surface area contributed by atoms with Gasteiger partial charge >= 0.3 is 24.3 Å². The number of hydrogen-bond donors (Lipinski definition) is 2. The molecular formula is C56H50F6N2O10. The molecule has 386 valence electrons. The summed E-state index contributed by atoms with van der Waals surface area (Å²) in [7, 11) is 2.67. The molecule has 4 N–H and O–H groups in total. The lowest BCUT2D eigenvalue weighted by atomic mass is 9.90. The first-order chi connectivity index (χ1) is 35.2. The number of allylic oxidation sites excluding steroid dienone is 2. The van der Waals surface area contributed by atoms with Crippen molar-refractivity contribution in [3.63, 3.8) is 0 Å². The van der Waals surface area contributed by atoms with Crippen LogP contribution in [0.1, 0.15) is 68.7 Å². The second kappa shape index (κ2) is 25.2. The van der Waals surface area contributed by atoms with Crippen LogP contribution in [0.4, 0.5) is 37.7 Å². The first kappa shape index (κ1) is 54.8. The molecule has 6 aromatic carbocycles. The first-order valence-corrected chi connectivity index (χ1v) is 22.8. The molecule has 18 heteroatoms. The van der Waals surface area contributed by atoms with Crippen molar-refractivity contribution in [2.24, 2.45) is 0 Å². The van der Waals surface area contributed by atoms with Gasteiger partial charge in [0.15, 0.2) is 34.6 Å². The van der Waals surface area contributed by atoms with Gasteiger partial charge in [-0.2, -0.15) is 26.3 Å². The number of nitrogen functional groups attached to an aromatic ring is 2. The van der Waals surface area contributed by atoms with Gasteiger partial charge in [0.2, 0.25) is 0 Å². The molecule has 0 radical (unpaired) electrons. The van der Waals surface area contributed by atoms with Gasteiger partial charge in [-0.3, -0.25) is 9.59 Å². The number of benzene rings is 6. The van der Waals surface area contributed by atoms with E-state index < -0.39 is 37.1 Å². The van der Waals surface area contributed by atoms with Crippen LogP contribution in [0.15, 0.2) is 133 Å². The molecule has 0 unspecified atom stereocenters. The molecule has 0 bridgehead atoms. The molecule has 6 aromatic rings. The Morgan fingerprint density at radius 1 is 0.486 bits per heavy atom. The first-order valence-electron chi connectivity index (χ1n) is 22.8.